The average molecular weight is 320 g/mol. The monoisotopic (exact) mass is 320 g/mol. The molecule has 1 saturated heterocycles. The van der Waals surface area contributed by atoms with Gasteiger partial charge in [-0.15, -0.1) is 0 Å². The molecular weight excluding hydrogens is 300 g/mol. The van der Waals surface area contributed by atoms with E-state index < -0.39 is 10.0 Å². The van der Waals surface area contributed by atoms with E-state index in [2.05, 4.69) is 9.97 Å². The number of hydrogen-bond donors (Lipinski definition) is 0. The molecule has 0 aliphatic carbocycles. The van der Waals surface area contributed by atoms with Crippen LogP contribution in [0, 0.1) is 6.92 Å². The lowest BCUT2D eigenvalue weighted by Gasteiger charge is -2.31. The van der Waals surface area contributed by atoms with Crippen LogP contribution in [0.15, 0.2) is 35.9 Å². The van der Waals surface area contributed by atoms with Crippen LogP contribution in [0.25, 0.3) is 0 Å². The Kier molecular flexibility index (Phi) is 4.01. The minimum Gasteiger partial charge on any atom is -0.339 e. The molecule has 118 valence electrons. The minimum absolute atomic E-state index is 0.126. The molecule has 0 unspecified atom stereocenters. The molecular formula is C15H20N4O2S. The van der Waals surface area contributed by atoms with Crippen molar-refractivity contribution in [2.75, 3.05) is 13.1 Å². The molecule has 7 heteroatoms. The lowest BCUT2D eigenvalue weighted by atomic mass is 9.92. The summed E-state index contributed by atoms with van der Waals surface area (Å²) in [6, 6.07) is 4.02. The van der Waals surface area contributed by atoms with E-state index in [4.69, 9.17) is 0 Å². The van der Waals surface area contributed by atoms with Gasteiger partial charge in [-0.3, -0.25) is 4.98 Å². The lowest BCUT2D eigenvalue weighted by molar-refractivity contribution is 0.315. The first-order valence-electron chi connectivity index (χ1n) is 7.37. The lowest BCUT2D eigenvalue weighted by Crippen LogP contribution is -2.39. The first-order chi connectivity index (χ1) is 10.5. The predicted octanol–water partition coefficient (Wildman–Crippen LogP) is 1.69. The van der Waals surface area contributed by atoms with Crippen molar-refractivity contribution in [2.24, 2.45) is 7.05 Å². The molecule has 6 nitrogen and oxygen atoms in total. The zero-order chi connectivity index (χ0) is 15.7. The normalized spacial score (nSPS) is 20.2. The summed E-state index contributed by atoms with van der Waals surface area (Å²) < 4.78 is 28.6. The number of aryl methyl sites for hydroxylation is 2. The highest BCUT2D eigenvalue weighted by Gasteiger charge is 2.32. The van der Waals surface area contributed by atoms with Gasteiger partial charge in [0.05, 0.1) is 6.33 Å². The molecule has 0 saturated carbocycles. The summed E-state index contributed by atoms with van der Waals surface area (Å²) in [5.41, 5.74) is 2.12. The van der Waals surface area contributed by atoms with E-state index in [1.807, 2.05) is 19.1 Å². The molecule has 0 radical (unpaired) electrons. The zero-order valence-corrected chi connectivity index (χ0v) is 13.6. The second-order valence-electron chi connectivity index (χ2n) is 5.81. The fourth-order valence-corrected chi connectivity index (χ4v) is 4.40. The molecule has 3 rings (SSSR count). The molecule has 3 heterocycles. The molecule has 1 fully saturated rings. The largest absolute Gasteiger partial charge is 0.339 e. The van der Waals surface area contributed by atoms with Crippen LogP contribution in [0.5, 0.6) is 0 Å². The Bertz CT molecular complexity index is 769. The van der Waals surface area contributed by atoms with Crippen LogP contribution < -0.4 is 0 Å². The van der Waals surface area contributed by atoms with Crippen molar-refractivity contribution in [3.05, 3.63) is 42.1 Å². The van der Waals surface area contributed by atoms with Gasteiger partial charge in [0.2, 0.25) is 0 Å². The van der Waals surface area contributed by atoms with Gasteiger partial charge in [-0.1, -0.05) is 0 Å². The summed E-state index contributed by atoms with van der Waals surface area (Å²) in [5, 5.41) is 0.126. The van der Waals surface area contributed by atoms with E-state index in [1.165, 1.54) is 6.33 Å². The predicted molar refractivity (Wildman–Crippen MR) is 82.9 cm³/mol. The van der Waals surface area contributed by atoms with E-state index in [9.17, 15) is 8.42 Å². The summed E-state index contributed by atoms with van der Waals surface area (Å²) in [7, 11) is -1.74. The van der Waals surface area contributed by atoms with E-state index in [0.717, 1.165) is 24.1 Å². The van der Waals surface area contributed by atoms with E-state index in [0.29, 0.717) is 13.1 Å². The number of rotatable bonds is 3. The summed E-state index contributed by atoms with van der Waals surface area (Å²) in [5.74, 6) is 0.217. The van der Waals surface area contributed by atoms with Gasteiger partial charge in [0, 0.05) is 38.2 Å². The Morgan fingerprint density at radius 1 is 1.32 bits per heavy atom. The average Bonchev–Trinajstić information content (AvgIpc) is 2.95. The van der Waals surface area contributed by atoms with Crippen LogP contribution >= 0.6 is 0 Å². The fourth-order valence-electron chi connectivity index (χ4n) is 2.91. The van der Waals surface area contributed by atoms with E-state index in [-0.39, 0.29) is 10.9 Å². The third-order valence-electron chi connectivity index (χ3n) is 4.06. The zero-order valence-electron chi connectivity index (χ0n) is 12.8. The Hall–Kier alpha value is -1.73. The highest BCUT2D eigenvalue weighted by molar-refractivity contribution is 7.89. The van der Waals surface area contributed by atoms with Gasteiger partial charge in [-0.05, 0) is 43.4 Å². The highest BCUT2D eigenvalue weighted by Crippen LogP contribution is 2.29. The first-order valence-corrected chi connectivity index (χ1v) is 8.81. The molecule has 1 atom stereocenters. The summed E-state index contributed by atoms with van der Waals surface area (Å²) in [6.45, 7) is 3.01. The van der Waals surface area contributed by atoms with Crippen molar-refractivity contribution < 1.29 is 8.42 Å². The maximum absolute atomic E-state index is 12.7. The van der Waals surface area contributed by atoms with Gasteiger partial charge in [0.1, 0.15) is 0 Å². The van der Waals surface area contributed by atoms with Crippen LogP contribution in [0.2, 0.25) is 0 Å². The smallest absolute Gasteiger partial charge is 0.262 e. The molecule has 2 aromatic heterocycles. The highest BCUT2D eigenvalue weighted by atomic mass is 32.2. The molecule has 2 aromatic rings. The van der Waals surface area contributed by atoms with Crippen LogP contribution in [-0.2, 0) is 17.1 Å². The molecule has 0 spiro atoms. The topological polar surface area (TPSA) is 68.1 Å². The van der Waals surface area contributed by atoms with Gasteiger partial charge in [-0.2, -0.15) is 4.31 Å². The van der Waals surface area contributed by atoms with Gasteiger partial charge in [0.15, 0.2) is 5.03 Å². The van der Waals surface area contributed by atoms with Crippen LogP contribution in [0.4, 0.5) is 0 Å². The SMILES string of the molecule is Cc1cc([C@@H]2CCCN(S(=O)(=O)c3cn(C)cn3)C2)ccn1. The third kappa shape index (κ3) is 2.91. The van der Waals surface area contributed by atoms with Crippen molar-refractivity contribution in [3.63, 3.8) is 0 Å². The maximum atomic E-state index is 12.7. The van der Waals surface area contributed by atoms with Crippen LogP contribution in [-0.4, -0.2) is 40.3 Å². The summed E-state index contributed by atoms with van der Waals surface area (Å²) in [6.07, 6.45) is 6.71. The summed E-state index contributed by atoms with van der Waals surface area (Å²) >= 11 is 0. The standard InChI is InChI=1S/C15H20N4O2S/c1-12-8-13(5-6-16-12)14-4-3-7-19(9-14)22(20,21)15-10-18(2)11-17-15/h5-6,8,10-11,14H,3-4,7,9H2,1-2H3/t14-/m1/s1. The van der Waals surface area contributed by atoms with Crippen LogP contribution in [0.1, 0.15) is 30.0 Å². The van der Waals surface area contributed by atoms with E-state index >= 15 is 0 Å². The summed E-state index contributed by atoms with van der Waals surface area (Å²) in [4.78, 5) is 8.21. The molecule has 0 aromatic carbocycles. The number of pyridine rings is 1. The molecule has 0 N–H and O–H groups in total. The second kappa shape index (κ2) is 5.81. The number of piperidine rings is 1. The van der Waals surface area contributed by atoms with Gasteiger partial charge >= 0.3 is 0 Å². The molecule has 0 amide bonds. The second-order valence-corrected chi connectivity index (χ2v) is 7.69. The Balaban J connectivity index is 1.84. The number of hydrogen-bond acceptors (Lipinski definition) is 4. The van der Waals surface area contributed by atoms with Gasteiger partial charge in [0.25, 0.3) is 10.0 Å². The molecule has 0 bridgehead atoms. The van der Waals surface area contributed by atoms with Crippen molar-refractivity contribution in [1.82, 2.24) is 18.8 Å². The van der Waals surface area contributed by atoms with Crippen molar-refractivity contribution in [3.8, 4) is 0 Å². The van der Waals surface area contributed by atoms with E-state index in [1.54, 1.807) is 28.3 Å². The maximum Gasteiger partial charge on any atom is 0.262 e. The first kappa shape index (κ1) is 15.2. The Labute approximate surface area is 130 Å². The van der Waals surface area contributed by atoms with Crippen LogP contribution in [0.3, 0.4) is 0 Å². The Morgan fingerprint density at radius 2 is 2.14 bits per heavy atom. The fraction of sp³-hybridized carbons (Fsp3) is 0.467. The molecule has 22 heavy (non-hydrogen) atoms. The number of nitrogens with zero attached hydrogens (tertiary/aromatic N) is 4. The number of sulfonamides is 1. The van der Waals surface area contributed by atoms with Gasteiger partial charge < -0.3 is 4.57 Å². The molecule has 1 aliphatic heterocycles. The van der Waals surface area contributed by atoms with Crippen molar-refractivity contribution in [2.45, 2.75) is 30.7 Å². The quantitative estimate of drug-likeness (QED) is 0.863. The number of imidazole rings is 1. The Morgan fingerprint density at radius 3 is 2.82 bits per heavy atom. The van der Waals surface area contributed by atoms with Crippen molar-refractivity contribution >= 4 is 10.0 Å². The number of aromatic nitrogens is 3. The molecule has 1 aliphatic rings. The third-order valence-corrected chi connectivity index (χ3v) is 5.81. The van der Waals surface area contributed by atoms with Crippen molar-refractivity contribution in [1.29, 1.82) is 0 Å². The van der Waals surface area contributed by atoms with Gasteiger partial charge in [-0.25, -0.2) is 13.4 Å². The minimum atomic E-state index is -3.51.